The van der Waals surface area contributed by atoms with E-state index < -0.39 is 5.92 Å². The molecule has 156 valence electrons. The number of nitrogens with zero attached hydrogens (tertiary/aromatic N) is 3. The van der Waals surface area contributed by atoms with E-state index in [0.29, 0.717) is 12.2 Å². The summed E-state index contributed by atoms with van der Waals surface area (Å²) in [6.45, 7) is 6.85. The van der Waals surface area contributed by atoms with Crippen molar-refractivity contribution >= 4 is 17.9 Å². The number of alkyl halides is 2. The lowest BCUT2D eigenvalue weighted by atomic mass is 10.0. The van der Waals surface area contributed by atoms with Crippen LogP contribution in [0.5, 0.6) is 0 Å². The quantitative estimate of drug-likeness (QED) is 0.437. The fourth-order valence-electron chi connectivity index (χ4n) is 2.97. The molecule has 1 aromatic carbocycles. The summed E-state index contributed by atoms with van der Waals surface area (Å²) in [5.41, 5.74) is 3.40. The largest absolute Gasteiger partial charge is 0.300 e. The Kier molecular flexibility index (Phi) is 6.35. The predicted octanol–water partition coefficient (Wildman–Crippen LogP) is 6.32. The van der Waals surface area contributed by atoms with Gasteiger partial charge in [-0.05, 0) is 36.2 Å². The molecule has 2 aromatic heterocycles. The maximum absolute atomic E-state index is 13.8. The van der Waals surface area contributed by atoms with E-state index in [1.807, 2.05) is 30.4 Å². The molecule has 0 amide bonds. The minimum atomic E-state index is -2.88. The Morgan fingerprint density at radius 3 is 2.67 bits per heavy atom. The van der Waals surface area contributed by atoms with Crippen molar-refractivity contribution in [3.63, 3.8) is 0 Å². The van der Waals surface area contributed by atoms with Gasteiger partial charge in [0.1, 0.15) is 17.9 Å². The van der Waals surface area contributed by atoms with Gasteiger partial charge in [0.15, 0.2) is 0 Å². The van der Waals surface area contributed by atoms with Crippen molar-refractivity contribution in [3.05, 3.63) is 78.4 Å². The molecule has 0 saturated heterocycles. The summed E-state index contributed by atoms with van der Waals surface area (Å²) >= 11 is 0. The van der Waals surface area contributed by atoms with Crippen LogP contribution >= 0.6 is 0 Å². The zero-order valence-electron chi connectivity index (χ0n) is 17.0. The van der Waals surface area contributed by atoms with Gasteiger partial charge in [-0.1, -0.05) is 43.9 Å². The van der Waals surface area contributed by atoms with Gasteiger partial charge < -0.3 is 0 Å². The van der Waals surface area contributed by atoms with E-state index in [0.717, 1.165) is 22.4 Å². The second-order valence-corrected chi connectivity index (χ2v) is 6.99. The molecule has 0 atom stereocenters. The highest BCUT2D eigenvalue weighted by Gasteiger charge is 2.29. The molecule has 0 saturated carbocycles. The lowest BCUT2D eigenvalue weighted by molar-refractivity contribution is -0.116. The summed E-state index contributed by atoms with van der Waals surface area (Å²) in [5.74, 6) is -2.27. The maximum Gasteiger partial charge on any atom is 0.274 e. The van der Waals surface area contributed by atoms with Crippen molar-refractivity contribution in [2.75, 3.05) is 0 Å². The number of aromatic nitrogens is 3. The maximum atomic E-state index is 13.8. The average molecular weight is 409 g/mol. The summed E-state index contributed by atoms with van der Waals surface area (Å²) in [5, 5.41) is 0. The lowest BCUT2D eigenvalue weighted by Gasteiger charge is -2.14. The number of benzene rings is 1. The van der Waals surface area contributed by atoms with Gasteiger partial charge in [0, 0.05) is 37.8 Å². The van der Waals surface area contributed by atoms with E-state index in [1.54, 1.807) is 36.2 Å². The summed E-state index contributed by atoms with van der Waals surface area (Å²) in [6.07, 6.45) is 10.2. The van der Waals surface area contributed by atoms with Crippen molar-refractivity contribution in [2.45, 2.75) is 32.6 Å². The van der Waals surface area contributed by atoms with Crippen molar-refractivity contribution in [1.82, 2.24) is 14.5 Å². The molecule has 0 N–H and O–H groups in total. The van der Waals surface area contributed by atoms with Gasteiger partial charge in [-0.2, -0.15) is 0 Å². The van der Waals surface area contributed by atoms with Crippen molar-refractivity contribution in [2.24, 2.45) is 0 Å². The molecule has 0 aliphatic carbocycles. The molecular weight excluding hydrogens is 384 g/mol. The van der Waals surface area contributed by atoms with Gasteiger partial charge in [0.25, 0.3) is 5.92 Å². The molecule has 6 heteroatoms. The van der Waals surface area contributed by atoms with Crippen LogP contribution in [0.4, 0.5) is 8.78 Å². The number of hydrogen-bond acceptors (Lipinski definition) is 3. The number of carbonyl (C=O) groups is 1. The lowest BCUT2D eigenvalue weighted by Crippen LogP contribution is -2.12. The number of carbonyl (C=O) groups excluding carboxylic acids is 1. The van der Waals surface area contributed by atoms with Gasteiger partial charge in [-0.15, -0.1) is 0 Å². The Morgan fingerprint density at radius 1 is 1.23 bits per heavy atom. The molecule has 30 heavy (non-hydrogen) atoms. The molecule has 0 radical (unpaired) electrons. The second-order valence-electron chi connectivity index (χ2n) is 6.99. The van der Waals surface area contributed by atoms with Crippen LogP contribution in [-0.4, -0.2) is 20.3 Å². The minimum absolute atomic E-state index is 0. The Balaban J connectivity index is 0.00000341. The van der Waals surface area contributed by atoms with Crippen LogP contribution in [0.25, 0.3) is 29.2 Å². The summed E-state index contributed by atoms with van der Waals surface area (Å²) < 4.78 is 29.2. The number of imidazole rings is 1. The van der Waals surface area contributed by atoms with E-state index in [9.17, 15) is 13.6 Å². The van der Waals surface area contributed by atoms with Gasteiger partial charge in [-0.25, -0.2) is 18.7 Å². The van der Waals surface area contributed by atoms with Crippen LogP contribution in [0.2, 0.25) is 0 Å². The molecule has 0 aliphatic rings. The molecule has 3 aromatic rings. The molecular formula is C24H25F2N3O. The Bertz CT molecular complexity index is 1090. The first-order chi connectivity index (χ1) is 14.3. The van der Waals surface area contributed by atoms with Crippen LogP contribution in [0, 0.1) is 0 Å². The van der Waals surface area contributed by atoms with E-state index in [4.69, 9.17) is 0 Å². The molecule has 0 bridgehead atoms. The Morgan fingerprint density at radius 2 is 2.03 bits per heavy atom. The number of rotatable bonds is 8. The van der Waals surface area contributed by atoms with Crippen molar-refractivity contribution < 1.29 is 15.0 Å². The van der Waals surface area contributed by atoms with Crippen LogP contribution in [-0.2, 0) is 10.7 Å². The van der Waals surface area contributed by atoms with Crippen LogP contribution < -0.4 is 0 Å². The van der Waals surface area contributed by atoms with Crippen LogP contribution in [0.1, 0.15) is 44.8 Å². The molecule has 0 spiro atoms. The third-order valence-electron chi connectivity index (χ3n) is 4.77. The normalized spacial score (nSPS) is 11.7. The van der Waals surface area contributed by atoms with Crippen molar-refractivity contribution in [1.29, 1.82) is 0 Å². The van der Waals surface area contributed by atoms with E-state index in [1.165, 1.54) is 19.2 Å². The first-order valence-electron chi connectivity index (χ1n) is 9.65. The van der Waals surface area contributed by atoms with Crippen LogP contribution in [0.3, 0.4) is 0 Å². The molecule has 3 rings (SSSR count). The van der Waals surface area contributed by atoms with Gasteiger partial charge in [0.05, 0.1) is 5.69 Å². The van der Waals surface area contributed by atoms with E-state index in [2.05, 4.69) is 16.5 Å². The number of halogens is 2. The third-order valence-corrected chi connectivity index (χ3v) is 4.77. The van der Waals surface area contributed by atoms with E-state index in [-0.39, 0.29) is 19.2 Å². The van der Waals surface area contributed by atoms with E-state index >= 15 is 0 Å². The predicted molar refractivity (Wildman–Crippen MR) is 118 cm³/mol. The minimum Gasteiger partial charge on any atom is -0.300 e. The summed E-state index contributed by atoms with van der Waals surface area (Å²) in [4.78, 5) is 19.7. The molecule has 0 unspecified atom stereocenters. The fraction of sp³-hybridized carbons (Fsp3) is 0.208. The SMILES string of the molecule is C=Cc1cc(-c2cn(-c3ccc(C(F)(F)CC)cn3)cn2)ccc1/C=C/CC(C)=O.[HH]. The second kappa shape index (κ2) is 8.95. The number of pyridine rings is 1. The first-order valence-corrected chi connectivity index (χ1v) is 9.65. The number of ketones is 1. The number of allylic oxidation sites excluding steroid dienone is 1. The number of hydrogen-bond donors (Lipinski definition) is 0. The molecule has 2 heterocycles. The smallest absolute Gasteiger partial charge is 0.274 e. The highest BCUT2D eigenvalue weighted by Crippen LogP contribution is 2.31. The highest BCUT2D eigenvalue weighted by molar-refractivity contribution is 5.79. The monoisotopic (exact) mass is 409 g/mol. The van der Waals surface area contributed by atoms with Gasteiger partial charge in [-0.3, -0.25) is 9.36 Å². The third kappa shape index (κ3) is 4.76. The van der Waals surface area contributed by atoms with Gasteiger partial charge >= 0.3 is 0 Å². The first kappa shape index (κ1) is 21.3. The van der Waals surface area contributed by atoms with Crippen molar-refractivity contribution in [3.8, 4) is 17.1 Å². The standard InChI is InChI=1S/C24H23F2N3O.H2/c1-4-18-13-20(10-9-19(18)8-6-7-17(3)30)22-15-29(16-28-22)23-12-11-21(14-27-23)24(25,26)5-2;/h4,6,8-16H,1,5,7H2,2-3H3;1H/b8-6+;. The Hall–Kier alpha value is -3.41. The highest BCUT2D eigenvalue weighted by atomic mass is 19.3. The molecule has 4 nitrogen and oxygen atoms in total. The molecule has 0 fully saturated rings. The van der Waals surface area contributed by atoms with Crippen LogP contribution in [0.15, 0.2) is 61.7 Å². The topological polar surface area (TPSA) is 47.8 Å². The zero-order chi connectivity index (χ0) is 21.7. The Labute approximate surface area is 176 Å². The number of Topliss-reactive ketones (excluding diaryl/α,β-unsaturated/α-hetero) is 1. The average Bonchev–Trinajstić information content (AvgIpc) is 3.24. The fourth-order valence-corrected chi connectivity index (χ4v) is 2.97. The zero-order valence-corrected chi connectivity index (χ0v) is 17.0. The summed E-state index contributed by atoms with van der Waals surface area (Å²) in [6, 6.07) is 8.80. The molecule has 0 aliphatic heterocycles. The van der Waals surface area contributed by atoms with Gasteiger partial charge in [0.2, 0.25) is 0 Å². The summed E-state index contributed by atoms with van der Waals surface area (Å²) in [7, 11) is 0.